The lowest BCUT2D eigenvalue weighted by atomic mass is 9.90. The Labute approximate surface area is 153 Å². The summed E-state index contributed by atoms with van der Waals surface area (Å²) in [5.41, 5.74) is 1.10. The van der Waals surface area contributed by atoms with Crippen molar-refractivity contribution in [3.8, 4) is 17.2 Å². The molecule has 7 heteroatoms. The lowest BCUT2D eigenvalue weighted by molar-refractivity contribution is 0.176. The van der Waals surface area contributed by atoms with Gasteiger partial charge in [0.1, 0.15) is 23.4 Å². The first-order valence-corrected chi connectivity index (χ1v) is 10.0. The second-order valence-electron chi connectivity index (χ2n) is 6.51. The number of methoxy groups -OCH3 is 2. The van der Waals surface area contributed by atoms with Crippen molar-refractivity contribution in [2.24, 2.45) is 0 Å². The van der Waals surface area contributed by atoms with Crippen LogP contribution in [0.5, 0.6) is 17.2 Å². The zero-order valence-electron chi connectivity index (χ0n) is 14.7. The molecule has 2 atom stereocenters. The molecule has 2 heterocycles. The Morgan fingerprint density at radius 2 is 1.77 bits per heavy atom. The minimum Gasteiger partial charge on any atom is -0.497 e. The van der Waals surface area contributed by atoms with Crippen LogP contribution >= 0.6 is 0 Å². The molecule has 0 saturated carbocycles. The fourth-order valence-corrected chi connectivity index (χ4v) is 4.96. The molecule has 2 aromatic rings. The van der Waals surface area contributed by atoms with E-state index in [0.717, 1.165) is 25.1 Å². The monoisotopic (exact) mass is 375 g/mol. The van der Waals surface area contributed by atoms with Gasteiger partial charge in [-0.3, -0.25) is 0 Å². The molecule has 2 unspecified atom stereocenters. The van der Waals surface area contributed by atoms with Gasteiger partial charge in [-0.1, -0.05) is 6.07 Å². The highest BCUT2D eigenvalue weighted by molar-refractivity contribution is 7.91. The van der Waals surface area contributed by atoms with E-state index in [1.807, 2.05) is 6.07 Å². The van der Waals surface area contributed by atoms with Gasteiger partial charge in [0.2, 0.25) is 9.84 Å². The minimum absolute atomic E-state index is 0.0774. The quantitative estimate of drug-likeness (QED) is 0.884. The van der Waals surface area contributed by atoms with E-state index in [9.17, 15) is 8.42 Å². The molecule has 6 nitrogen and oxygen atoms in total. The van der Waals surface area contributed by atoms with Crippen molar-refractivity contribution in [1.29, 1.82) is 0 Å². The van der Waals surface area contributed by atoms with Gasteiger partial charge in [-0.15, -0.1) is 0 Å². The number of fused-ring (bicyclic) bond motifs is 3. The number of piperidine rings is 1. The van der Waals surface area contributed by atoms with Gasteiger partial charge in [0, 0.05) is 24.1 Å². The highest BCUT2D eigenvalue weighted by Crippen LogP contribution is 2.43. The third kappa shape index (κ3) is 2.81. The van der Waals surface area contributed by atoms with Gasteiger partial charge in [0.25, 0.3) is 0 Å². The minimum atomic E-state index is -3.71. The van der Waals surface area contributed by atoms with E-state index in [1.165, 1.54) is 26.4 Å². The number of ether oxygens (including phenoxy) is 3. The predicted molar refractivity (Wildman–Crippen MR) is 96.1 cm³/mol. The average Bonchev–Trinajstić information content (AvgIpc) is 3.05. The van der Waals surface area contributed by atoms with E-state index >= 15 is 0 Å². The molecule has 4 rings (SSSR count). The smallest absolute Gasteiger partial charge is 0.207 e. The van der Waals surface area contributed by atoms with Crippen LogP contribution < -0.4 is 19.5 Å². The molecule has 138 valence electrons. The lowest BCUT2D eigenvalue weighted by Crippen LogP contribution is -2.39. The molecule has 1 fully saturated rings. The molecule has 0 amide bonds. The molecular formula is C19H21NO5S. The molecule has 1 saturated heterocycles. The summed E-state index contributed by atoms with van der Waals surface area (Å²) in [5.74, 6) is 1.86. The standard InChI is InChI=1S/C19H21NO5S/c1-23-12-7-13(24-2)9-15(8-12)26(21,22)14-3-4-16-17-5-6-20-11-19(17)25-18(16)10-14/h3-4,7-10,17,19-20H,5-6,11H2,1-2H3. The molecule has 1 N–H and O–H groups in total. The third-order valence-corrected chi connectivity index (χ3v) is 6.77. The first-order chi connectivity index (χ1) is 12.5. The Bertz CT molecular complexity index is 919. The summed E-state index contributed by atoms with van der Waals surface area (Å²) >= 11 is 0. The maximum absolute atomic E-state index is 13.1. The van der Waals surface area contributed by atoms with Gasteiger partial charge in [0.05, 0.1) is 24.0 Å². The van der Waals surface area contributed by atoms with Crippen molar-refractivity contribution in [3.05, 3.63) is 42.0 Å². The van der Waals surface area contributed by atoms with Crippen LogP contribution in [0.2, 0.25) is 0 Å². The average molecular weight is 375 g/mol. The highest BCUT2D eigenvalue weighted by atomic mass is 32.2. The van der Waals surface area contributed by atoms with E-state index in [0.29, 0.717) is 23.2 Å². The second-order valence-corrected chi connectivity index (χ2v) is 8.46. The molecule has 2 aromatic carbocycles. The molecule has 0 aromatic heterocycles. The Kier molecular flexibility index (Phi) is 4.28. The van der Waals surface area contributed by atoms with Crippen LogP contribution in [0.15, 0.2) is 46.2 Å². The Hall–Kier alpha value is -2.25. The van der Waals surface area contributed by atoms with Crippen LogP contribution in [0.25, 0.3) is 0 Å². The van der Waals surface area contributed by atoms with Gasteiger partial charge >= 0.3 is 0 Å². The lowest BCUT2D eigenvalue weighted by Gasteiger charge is -2.24. The molecule has 2 aliphatic heterocycles. The van der Waals surface area contributed by atoms with Crippen molar-refractivity contribution in [2.45, 2.75) is 28.2 Å². The largest absolute Gasteiger partial charge is 0.497 e. The van der Waals surface area contributed by atoms with Crippen molar-refractivity contribution >= 4 is 9.84 Å². The SMILES string of the molecule is COc1cc(OC)cc(S(=O)(=O)c2ccc3c(c2)OC2CNCCC32)c1. The summed E-state index contributed by atoms with van der Waals surface area (Å²) in [6, 6.07) is 9.81. The summed E-state index contributed by atoms with van der Waals surface area (Å²) in [5, 5.41) is 3.32. The number of sulfone groups is 1. The highest BCUT2D eigenvalue weighted by Gasteiger charge is 2.37. The summed E-state index contributed by atoms with van der Waals surface area (Å²) < 4.78 is 42.6. The topological polar surface area (TPSA) is 73.9 Å². The predicted octanol–water partition coefficient (Wildman–Crippen LogP) is 2.37. The number of rotatable bonds is 4. The summed E-state index contributed by atoms with van der Waals surface area (Å²) in [6.45, 7) is 1.74. The normalized spacial score (nSPS) is 21.5. The van der Waals surface area contributed by atoms with Gasteiger partial charge in [0.15, 0.2) is 0 Å². The first-order valence-electron chi connectivity index (χ1n) is 8.52. The van der Waals surface area contributed by atoms with Crippen molar-refractivity contribution in [1.82, 2.24) is 5.32 Å². The zero-order valence-corrected chi connectivity index (χ0v) is 15.5. The fourth-order valence-electron chi connectivity index (χ4n) is 3.64. The van der Waals surface area contributed by atoms with E-state index in [-0.39, 0.29) is 15.9 Å². The molecule has 0 bridgehead atoms. The van der Waals surface area contributed by atoms with Crippen molar-refractivity contribution in [3.63, 3.8) is 0 Å². The summed E-state index contributed by atoms with van der Waals surface area (Å²) in [7, 11) is -0.734. The number of hydrogen-bond acceptors (Lipinski definition) is 6. The van der Waals surface area contributed by atoms with Crippen LogP contribution in [0.4, 0.5) is 0 Å². The zero-order chi connectivity index (χ0) is 18.3. The van der Waals surface area contributed by atoms with E-state index in [1.54, 1.807) is 18.2 Å². The van der Waals surface area contributed by atoms with Gasteiger partial charge in [-0.05, 0) is 37.2 Å². The van der Waals surface area contributed by atoms with Crippen molar-refractivity contribution in [2.75, 3.05) is 27.3 Å². The van der Waals surface area contributed by atoms with Crippen LogP contribution in [-0.4, -0.2) is 41.8 Å². The van der Waals surface area contributed by atoms with Crippen LogP contribution in [-0.2, 0) is 9.84 Å². The Balaban J connectivity index is 1.74. The van der Waals surface area contributed by atoms with Crippen LogP contribution in [0.1, 0.15) is 17.9 Å². The Morgan fingerprint density at radius 3 is 2.46 bits per heavy atom. The van der Waals surface area contributed by atoms with Crippen LogP contribution in [0.3, 0.4) is 0 Å². The first kappa shape index (κ1) is 17.2. The number of benzene rings is 2. The van der Waals surface area contributed by atoms with E-state index < -0.39 is 9.84 Å². The third-order valence-electron chi connectivity index (χ3n) is 5.03. The van der Waals surface area contributed by atoms with Crippen molar-refractivity contribution < 1.29 is 22.6 Å². The molecule has 0 radical (unpaired) electrons. The van der Waals surface area contributed by atoms with Crippen LogP contribution in [0, 0.1) is 0 Å². The number of nitrogens with one attached hydrogen (secondary N) is 1. The molecule has 0 spiro atoms. The van der Waals surface area contributed by atoms with E-state index in [4.69, 9.17) is 14.2 Å². The fraction of sp³-hybridized carbons (Fsp3) is 0.368. The van der Waals surface area contributed by atoms with Gasteiger partial charge in [-0.25, -0.2) is 8.42 Å². The summed E-state index contributed by atoms with van der Waals surface area (Å²) in [4.78, 5) is 0.337. The maximum atomic E-state index is 13.1. The number of hydrogen-bond donors (Lipinski definition) is 1. The molecule has 2 aliphatic rings. The van der Waals surface area contributed by atoms with Gasteiger partial charge < -0.3 is 19.5 Å². The maximum Gasteiger partial charge on any atom is 0.207 e. The van der Waals surface area contributed by atoms with E-state index in [2.05, 4.69) is 5.32 Å². The Morgan fingerprint density at radius 1 is 1.04 bits per heavy atom. The van der Waals surface area contributed by atoms with Gasteiger partial charge in [-0.2, -0.15) is 0 Å². The second kappa shape index (κ2) is 6.48. The molecular weight excluding hydrogens is 354 g/mol. The molecule has 0 aliphatic carbocycles. The summed E-state index contributed by atoms with van der Waals surface area (Å²) in [6.07, 6.45) is 1.07. The molecule has 26 heavy (non-hydrogen) atoms.